The summed E-state index contributed by atoms with van der Waals surface area (Å²) in [4.78, 5) is 30.0. The van der Waals surface area contributed by atoms with Gasteiger partial charge in [0.25, 0.3) is 5.91 Å². The molecule has 0 fully saturated rings. The van der Waals surface area contributed by atoms with E-state index in [4.69, 9.17) is 9.72 Å². The summed E-state index contributed by atoms with van der Waals surface area (Å²) in [5.41, 5.74) is 3.21. The van der Waals surface area contributed by atoms with E-state index in [1.165, 1.54) is 11.3 Å². The molecule has 2 aromatic heterocycles. The van der Waals surface area contributed by atoms with Crippen molar-refractivity contribution in [2.75, 3.05) is 17.7 Å². The number of amides is 1. The minimum atomic E-state index is -0.492. The van der Waals surface area contributed by atoms with Crippen LogP contribution in [-0.4, -0.2) is 39.4 Å². The number of thioether (sulfide) groups is 1. The standard InChI is InChI=1S/C21H22N4O3S2/c1-3-29-21-25-24-20(30-21)23-17(26)11-28-19(27)18-13-6-4-5-7-15(13)22-16-9-8-12(2)10-14(16)18/h4-7,12H,3,8-11H2,1-2H3,(H,23,24,26). The van der Waals surface area contributed by atoms with Crippen LogP contribution in [0.4, 0.5) is 5.13 Å². The van der Waals surface area contributed by atoms with Crippen molar-refractivity contribution in [2.24, 2.45) is 5.92 Å². The van der Waals surface area contributed by atoms with Gasteiger partial charge in [-0.2, -0.15) is 0 Å². The first kappa shape index (κ1) is 20.7. The van der Waals surface area contributed by atoms with Crippen molar-refractivity contribution in [2.45, 2.75) is 37.4 Å². The van der Waals surface area contributed by atoms with Crippen molar-refractivity contribution in [3.05, 3.63) is 41.1 Å². The Morgan fingerprint density at radius 2 is 2.13 bits per heavy atom. The molecule has 0 spiro atoms. The second-order valence-corrected chi connectivity index (χ2v) is 9.70. The normalized spacial score (nSPS) is 15.6. The molecule has 9 heteroatoms. The smallest absolute Gasteiger partial charge is 0.339 e. The zero-order valence-corrected chi connectivity index (χ0v) is 18.4. The number of fused-ring (bicyclic) bond motifs is 2. The van der Waals surface area contributed by atoms with Crippen LogP contribution in [0.25, 0.3) is 10.9 Å². The Morgan fingerprint density at radius 1 is 1.30 bits per heavy atom. The van der Waals surface area contributed by atoms with Gasteiger partial charge < -0.3 is 4.74 Å². The van der Waals surface area contributed by atoms with Gasteiger partial charge in [-0.3, -0.25) is 15.1 Å². The molecule has 1 N–H and O–H groups in total. The lowest BCUT2D eigenvalue weighted by Gasteiger charge is -2.24. The second-order valence-electron chi connectivity index (χ2n) is 7.21. The molecule has 1 aliphatic carbocycles. The van der Waals surface area contributed by atoms with Gasteiger partial charge in [-0.05, 0) is 42.6 Å². The molecule has 1 aromatic carbocycles. The molecule has 7 nitrogen and oxygen atoms in total. The molecule has 0 saturated carbocycles. The number of anilines is 1. The van der Waals surface area contributed by atoms with E-state index in [1.807, 2.05) is 31.2 Å². The van der Waals surface area contributed by atoms with E-state index >= 15 is 0 Å². The zero-order chi connectivity index (χ0) is 21.1. The SMILES string of the molecule is CCSc1nnc(NC(=O)COC(=O)c2c3c(nc4ccccc24)CCC(C)C3)s1. The van der Waals surface area contributed by atoms with E-state index in [1.54, 1.807) is 11.8 Å². The Labute approximate surface area is 182 Å². The number of hydrogen-bond donors (Lipinski definition) is 1. The number of aryl methyl sites for hydroxylation is 1. The maximum absolute atomic E-state index is 13.0. The van der Waals surface area contributed by atoms with Crippen molar-refractivity contribution in [3.63, 3.8) is 0 Å². The van der Waals surface area contributed by atoms with Gasteiger partial charge in [0.05, 0.1) is 11.1 Å². The van der Waals surface area contributed by atoms with Crippen molar-refractivity contribution in [3.8, 4) is 0 Å². The van der Waals surface area contributed by atoms with Gasteiger partial charge >= 0.3 is 5.97 Å². The number of ether oxygens (including phenoxy) is 1. The fraction of sp³-hybridized carbons (Fsp3) is 0.381. The Bertz CT molecular complexity index is 1100. The monoisotopic (exact) mass is 442 g/mol. The van der Waals surface area contributed by atoms with Crippen LogP contribution in [0.15, 0.2) is 28.6 Å². The molecule has 0 saturated heterocycles. The highest BCUT2D eigenvalue weighted by Gasteiger charge is 2.26. The summed E-state index contributed by atoms with van der Waals surface area (Å²) in [6.45, 7) is 3.82. The van der Waals surface area contributed by atoms with Crippen LogP contribution in [0.1, 0.15) is 41.9 Å². The van der Waals surface area contributed by atoms with Gasteiger partial charge in [0.1, 0.15) is 0 Å². The molecule has 0 aliphatic heterocycles. The van der Waals surface area contributed by atoms with Crippen LogP contribution in [-0.2, 0) is 22.4 Å². The average Bonchev–Trinajstić information content (AvgIpc) is 3.17. The topological polar surface area (TPSA) is 94.1 Å². The molecule has 156 valence electrons. The van der Waals surface area contributed by atoms with Crippen LogP contribution in [0.3, 0.4) is 0 Å². The average molecular weight is 443 g/mol. The molecule has 0 radical (unpaired) electrons. The molecule has 1 aliphatic rings. The van der Waals surface area contributed by atoms with Crippen molar-refractivity contribution < 1.29 is 14.3 Å². The van der Waals surface area contributed by atoms with Gasteiger partial charge in [-0.25, -0.2) is 4.79 Å². The number of pyridine rings is 1. The summed E-state index contributed by atoms with van der Waals surface area (Å²) in [6.07, 6.45) is 2.68. The van der Waals surface area contributed by atoms with Gasteiger partial charge in [0.15, 0.2) is 10.9 Å². The van der Waals surface area contributed by atoms with Gasteiger partial charge in [-0.15, -0.1) is 10.2 Å². The summed E-state index contributed by atoms with van der Waals surface area (Å²) in [7, 11) is 0. The number of para-hydroxylation sites is 1. The summed E-state index contributed by atoms with van der Waals surface area (Å²) < 4.78 is 6.18. The Morgan fingerprint density at radius 3 is 2.97 bits per heavy atom. The van der Waals surface area contributed by atoms with Crippen molar-refractivity contribution in [1.29, 1.82) is 0 Å². The maximum atomic E-state index is 13.0. The first-order valence-electron chi connectivity index (χ1n) is 9.89. The van der Waals surface area contributed by atoms with Crippen LogP contribution in [0.5, 0.6) is 0 Å². The first-order valence-corrected chi connectivity index (χ1v) is 11.7. The lowest BCUT2D eigenvalue weighted by Crippen LogP contribution is -2.23. The summed E-state index contributed by atoms with van der Waals surface area (Å²) in [6, 6.07) is 7.57. The lowest BCUT2D eigenvalue weighted by molar-refractivity contribution is -0.119. The Kier molecular flexibility index (Phi) is 6.29. The van der Waals surface area contributed by atoms with E-state index in [0.29, 0.717) is 16.6 Å². The molecule has 1 unspecified atom stereocenters. The molecular formula is C21H22N4O3S2. The quantitative estimate of drug-likeness (QED) is 0.349. The van der Waals surface area contributed by atoms with E-state index < -0.39 is 11.9 Å². The molecule has 1 atom stereocenters. The zero-order valence-electron chi connectivity index (χ0n) is 16.8. The fourth-order valence-electron chi connectivity index (χ4n) is 3.60. The lowest BCUT2D eigenvalue weighted by atomic mass is 9.84. The fourth-order valence-corrected chi connectivity index (χ4v) is 5.26. The predicted octanol–water partition coefficient (Wildman–Crippen LogP) is 4.12. The molecule has 4 rings (SSSR count). The van der Waals surface area contributed by atoms with Crippen LogP contribution >= 0.6 is 23.1 Å². The minimum absolute atomic E-state index is 0.379. The number of nitrogens with zero attached hydrogens (tertiary/aromatic N) is 3. The Hall–Kier alpha value is -2.52. The third-order valence-corrected chi connectivity index (χ3v) is 6.82. The van der Waals surface area contributed by atoms with E-state index in [9.17, 15) is 9.59 Å². The molecule has 0 bridgehead atoms. The van der Waals surface area contributed by atoms with Crippen LogP contribution in [0, 0.1) is 5.92 Å². The summed E-state index contributed by atoms with van der Waals surface area (Å²) in [5.74, 6) is 0.424. The van der Waals surface area contributed by atoms with E-state index in [-0.39, 0.29) is 6.61 Å². The highest BCUT2D eigenvalue weighted by Crippen LogP contribution is 2.32. The van der Waals surface area contributed by atoms with Gasteiger partial charge in [0, 0.05) is 11.1 Å². The third kappa shape index (κ3) is 4.46. The van der Waals surface area contributed by atoms with Crippen LogP contribution < -0.4 is 5.32 Å². The van der Waals surface area contributed by atoms with E-state index in [0.717, 1.165) is 51.5 Å². The second kappa shape index (κ2) is 9.09. The number of carbonyl (C=O) groups is 2. The van der Waals surface area contributed by atoms with Gasteiger partial charge in [0.2, 0.25) is 5.13 Å². The van der Waals surface area contributed by atoms with Gasteiger partial charge in [-0.1, -0.05) is 55.1 Å². The van der Waals surface area contributed by atoms with Crippen molar-refractivity contribution in [1.82, 2.24) is 15.2 Å². The Balaban J connectivity index is 1.51. The minimum Gasteiger partial charge on any atom is -0.452 e. The molecule has 3 aromatic rings. The van der Waals surface area contributed by atoms with Crippen molar-refractivity contribution >= 4 is 51.0 Å². The number of carbonyl (C=O) groups excluding carboxylic acids is 2. The number of hydrogen-bond acceptors (Lipinski definition) is 8. The molecule has 2 heterocycles. The number of esters is 1. The van der Waals surface area contributed by atoms with Crippen LogP contribution in [0.2, 0.25) is 0 Å². The summed E-state index contributed by atoms with van der Waals surface area (Å²) in [5, 5.41) is 11.7. The number of benzene rings is 1. The molecule has 1 amide bonds. The number of nitrogens with one attached hydrogen (secondary N) is 1. The third-order valence-electron chi connectivity index (χ3n) is 4.96. The highest BCUT2D eigenvalue weighted by molar-refractivity contribution is 8.01. The van der Waals surface area contributed by atoms with E-state index in [2.05, 4.69) is 22.4 Å². The summed E-state index contributed by atoms with van der Waals surface area (Å²) >= 11 is 2.85. The first-order chi connectivity index (χ1) is 14.5. The largest absolute Gasteiger partial charge is 0.452 e. The maximum Gasteiger partial charge on any atom is 0.339 e. The molecular weight excluding hydrogens is 420 g/mol. The highest BCUT2D eigenvalue weighted by atomic mass is 32.2. The number of rotatable bonds is 6. The molecule has 30 heavy (non-hydrogen) atoms. The predicted molar refractivity (Wildman–Crippen MR) is 118 cm³/mol. The number of aromatic nitrogens is 3.